The van der Waals surface area contributed by atoms with Crippen molar-refractivity contribution >= 4 is 5.91 Å². The first-order valence-corrected chi connectivity index (χ1v) is 5.02. The third kappa shape index (κ3) is 2.20. The van der Waals surface area contributed by atoms with Crippen LogP contribution in [-0.2, 0) is 9.47 Å². The van der Waals surface area contributed by atoms with Crippen LogP contribution in [0.5, 0.6) is 0 Å². The van der Waals surface area contributed by atoms with E-state index in [1.807, 2.05) is 0 Å². The highest BCUT2D eigenvalue weighted by Gasteiger charge is 2.35. The number of methoxy groups -OCH3 is 1. The summed E-state index contributed by atoms with van der Waals surface area (Å²) >= 11 is 0. The lowest BCUT2D eigenvalue weighted by Crippen LogP contribution is -2.45. The van der Waals surface area contributed by atoms with Crippen LogP contribution in [0.4, 0.5) is 0 Å². The Morgan fingerprint density at radius 3 is 3.25 bits per heavy atom. The molecule has 0 saturated carbocycles. The lowest BCUT2D eigenvalue weighted by Gasteiger charge is -2.25. The van der Waals surface area contributed by atoms with E-state index in [2.05, 4.69) is 20.5 Å². The minimum atomic E-state index is -0.407. The number of nitrogens with zero attached hydrogens (tertiary/aromatic N) is 2. The van der Waals surface area contributed by atoms with Crippen molar-refractivity contribution in [2.24, 2.45) is 0 Å². The number of carbonyl (C=O) groups excluding carboxylic acids is 1. The molecule has 88 valence electrons. The van der Waals surface area contributed by atoms with E-state index in [9.17, 15) is 4.79 Å². The van der Waals surface area contributed by atoms with Crippen molar-refractivity contribution in [3.63, 3.8) is 0 Å². The Balaban J connectivity index is 1.89. The Bertz CT molecular complexity index is 346. The molecular formula is C9H14N4O3. The molecule has 1 atom stereocenters. The van der Waals surface area contributed by atoms with E-state index >= 15 is 0 Å². The number of aromatic nitrogens is 3. The number of hydrogen-bond acceptors (Lipinski definition) is 5. The molecule has 16 heavy (non-hydrogen) atoms. The van der Waals surface area contributed by atoms with Crippen LogP contribution in [0.2, 0.25) is 0 Å². The molecule has 1 aliphatic heterocycles. The summed E-state index contributed by atoms with van der Waals surface area (Å²) in [6.45, 7) is 1.56. The lowest BCUT2D eigenvalue weighted by atomic mass is 10.0. The number of H-pyrrole nitrogens is 1. The summed E-state index contributed by atoms with van der Waals surface area (Å²) in [4.78, 5) is 15.3. The van der Waals surface area contributed by atoms with Crippen LogP contribution in [0.1, 0.15) is 17.0 Å². The van der Waals surface area contributed by atoms with Gasteiger partial charge in [-0.2, -0.15) is 5.10 Å². The van der Waals surface area contributed by atoms with E-state index in [0.29, 0.717) is 19.8 Å². The predicted molar refractivity (Wildman–Crippen MR) is 53.9 cm³/mol. The predicted octanol–water partition coefficient (Wildman–Crippen LogP) is -0.660. The van der Waals surface area contributed by atoms with E-state index in [0.717, 1.165) is 6.42 Å². The number of aromatic amines is 1. The zero-order chi connectivity index (χ0) is 11.4. The average molecular weight is 226 g/mol. The quantitative estimate of drug-likeness (QED) is 0.711. The molecular weight excluding hydrogens is 212 g/mol. The van der Waals surface area contributed by atoms with Crippen molar-refractivity contribution < 1.29 is 14.3 Å². The van der Waals surface area contributed by atoms with Gasteiger partial charge in [0.25, 0.3) is 5.91 Å². The second-order valence-electron chi connectivity index (χ2n) is 3.71. The van der Waals surface area contributed by atoms with Crippen LogP contribution >= 0.6 is 0 Å². The summed E-state index contributed by atoms with van der Waals surface area (Å²) in [6.07, 6.45) is 2.07. The Morgan fingerprint density at radius 1 is 1.81 bits per heavy atom. The van der Waals surface area contributed by atoms with Crippen molar-refractivity contribution in [2.75, 3.05) is 26.9 Å². The highest BCUT2D eigenvalue weighted by atomic mass is 16.5. The fraction of sp³-hybridized carbons (Fsp3) is 0.667. The van der Waals surface area contributed by atoms with Gasteiger partial charge >= 0.3 is 0 Å². The van der Waals surface area contributed by atoms with E-state index in [-0.39, 0.29) is 11.7 Å². The molecule has 0 aromatic carbocycles. The van der Waals surface area contributed by atoms with Gasteiger partial charge in [-0.1, -0.05) is 0 Å². The summed E-state index contributed by atoms with van der Waals surface area (Å²) in [5, 5.41) is 8.85. The molecule has 2 N–H and O–H groups in total. The van der Waals surface area contributed by atoms with Gasteiger partial charge in [-0.15, -0.1) is 0 Å². The first-order valence-electron chi connectivity index (χ1n) is 5.02. The van der Waals surface area contributed by atoms with Crippen LogP contribution in [0, 0.1) is 0 Å². The van der Waals surface area contributed by atoms with E-state index in [1.165, 1.54) is 6.33 Å². The van der Waals surface area contributed by atoms with Crippen LogP contribution in [0.3, 0.4) is 0 Å². The third-order valence-electron chi connectivity index (χ3n) is 2.70. The summed E-state index contributed by atoms with van der Waals surface area (Å²) in [5.41, 5.74) is -0.407. The number of hydrogen-bond donors (Lipinski definition) is 2. The zero-order valence-electron chi connectivity index (χ0n) is 9.02. The Morgan fingerprint density at radius 2 is 2.69 bits per heavy atom. The van der Waals surface area contributed by atoms with Gasteiger partial charge in [0, 0.05) is 26.7 Å². The molecule has 0 radical (unpaired) electrons. The number of ether oxygens (including phenoxy) is 2. The smallest absolute Gasteiger partial charge is 0.288 e. The fourth-order valence-electron chi connectivity index (χ4n) is 1.60. The van der Waals surface area contributed by atoms with Gasteiger partial charge in [-0.3, -0.25) is 9.89 Å². The van der Waals surface area contributed by atoms with Crippen molar-refractivity contribution in [1.82, 2.24) is 20.5 Å². The first kappa shape index (κ1) is 11.0. The third-order valence-corrected chi connectivity index (χ3v) is 2.70. The molecule has 2 heterocycles. The second-order valence-corrected chi connectivity index (χ2v) is 3.71. The summed E-state index contributed by atoms with van der Waals surface area (Å²) in [5.74, 6) is -0.0917. The van der Waals surface area contributed by atoms with E-state index in [4.69, 9.17) is 9.47 Å². The Labute approximate surface area is 92.5 Å². The number of amides is 1. The van der Waals surface area contributed by atoms with Gasteiger partial charge < -0.3 is 14.8 Å². The van der Waals surface area contributed by atoms with Crippen molar-refractivity contribution in [3.8, 4) is 0 Å². The molecule has 1 aromatic rings. The summed E-state index contributed by atoms with van der Waals surface area (Å²) < 4.78 is 10.6. The van der Waals surface area contributed by atoms with Gasteiger partial charge in [0.1, 0.15) is 11.9 Å². The first-order chi connectivity index (χ1) is 7.76. The SMILES string of the molecule is COC1(CNC(=O)c2ncn[nH]2)CCOC1. The molecule has 0 bridgehead atoms. The molecule has 1 amide bonds. The van der Waals surface area contributed by atoms with Crippen LogP contribution in [0.25, 0.3) is 0 Å². The van der Waals surface area contributed by atoms with E-state index in [1.54, 1.807) is 7.11 Å². The minimum Gasteiger partial charge on any atom is -0.378 e. The molecule has 0 aliphatic carbocycles. The molecule has 1 fully saturated rings. The molecule has 1 aliphatic rings. The molecule has 7 nitrogen and oxygen atoms in total. The van der Waals surface area contributed by atoms with Crippen molar-refractivity contribution in [3.05, 3.63) is 12.2 Å². The largest absolute Gasteiger partial charge is 0.378 e. The van der Waals surface area contributed by atoms with Crippen molar-refractivity contribution in [1.29, 1.82) is 0 Å². The molecule has 1 unspecified atom stereocenters. The highest BCUT2D eigenvalue weighted by molar-refractivity contribution is 5.90. The maximum Gasteiger partial charge on any atom is 0.288 e. The van der Waals surface area contributed by atoms with Crippen LogP contribution in [0.15, 0.2) is 6.33 Å². The van der Waals surface area contributed by atoms with Gasteiger partial charge in [0.15, 0.2) is 0 Å². The van der Waals surface area contributed by atoms with Gasteiger partial charge in [-0.25, -0.2) is 4.98 Å². The highest BCUT2D eigenvalue weighted by Crippen LogP contribution is 2.21. The number of nitrogens with one attached hydrogen (secondary N) is 2. The molecule has 0 spiro atoms. The van der Waals surface area contributed by atoms with Gasteiger partial charge in [0.2, 0.25) is 5.82 Å². The number of rotatable bonds is 4. The normalized spacial score (nSPS) is 24.6. The topological polar surface area (TPSA) is 89.1 Å². The zero-order valence-corrected chi connectivity index (χ0v) is 9.02. The molecule has 7 heteroatoms. The van der Waals surface area contributed by atoms with Crippen LogP contribution < -0.4 is 5.32 Å². The fourth-order valence-corrected chi connectivity index (χ4v) is 1.60. The Hall–Kier alpha value is -1.47. The monoisotopic (exact) mass is 226 g/mol. The number of carbonyl (C=O) groups is 1. The maximum atomic E-state index is 11.6. The Kier molecular flexibility index (Phi) is 3.16. The molecule has 1 saturated heterocycles. The maximum absolute atomic E-state index is 11.6. The average Bonchev–Trinajstić information content (AvgIpc) is 2.98. The minimum absolute atomic E-state index is 0.199. The summed E-state index contributed by atoms with van der Waals surface area (Å²) in [6, 6.07) is 0. The lowest BCUT2D eigenvalue weighted by molar-refractivity contribution is -0.0149. The molecule has 1 aromatic heterocycles. The second kappa shape index (κ2) is 4.58. The van der Waals surface area contributed by atoms with E-state index < -0.39 is 5.60 Å². The summed E-state index contributed by atoms with van der Waals surface area (Å²) in [7, 11) is 1.62. The molecule has 2 rings (SSSR count). The van der Waals surface area contributed by atoms with Crippen molar-refractivity contribution in [2.45, 2.75) is 12.0 Å². The standard InChI is InChI=1S/C9H14N4O3/c1-15-9(2-3-16-5-9)4-10-8(14)7-11-6-12-13-7/h6H,2-5H2,1H3,(H,10,14)(H,11,12,13). The van der Waals surface area contributed by atoms with Gasteiger partial charge in [0.05, 0.1) is 6.61 Å². The van der Waals surface area contributed by atoms with Gasteiger partial charge in [-0.05, 0) is 0 Å². The van der Waals surface area contributed by atoms with Crippen LogP contribution in [-0.4, -0.2) is 53.6 Å².